The number of carbonyl (C=O) groups is 3. The van der Waals surface area contributed by atoms with Crippen LogP contribution in [0, 0.1) is 43.4 Å². The van der Waals surface area contributed by atoms with Crippen molar-refractivity contribution in [2.45, 2.75) is 96.4 Å². The molecule has 11 rings (SSSR count). The number of likely N-dealkylation sites (N-methyl/N-ethyl adjacent to an activating group) is 2. The number of nitrogens with zero attached hydrogens (tertiary/aromatic N) is 16. The number of amides is 3. The minimum absolute atomic E-state index is 0.0604. The average Bonchev–Trinajstić information content (AvgIpc) is 1.59. The molecule has 0 saturated carbocycles. The highest BCUT2D eigenvalue weighted by Crippen LogP contribution is 2.43. The van der Waals surface area contributed by atoms with Crippen molar-refractivity contribution in [1.82, 2.24) is 54.6 Å². The number of nitrogens with one attached hydrogen (secondary N) is 1. The summed E-state index contributed by atoms with van der Waals surface area (Å²) in [6, 6.07) is 17.9. The number of anilines is 4. The lowest BCUT2D eigenvalue weighted by Crippen LogP contribution is -2.55. The van der Waals surface area contributed by atoms with Crippen LogP contribution < -0.4 is 29.1 Å². The number of rotatable bonds is 18. The number of ether oxygens (including phenoxy) is 2. The summed E-state index contributed by atoms with van der Waals surface area (Å²) in [6.45, 7) is 17.5. The number of aromatic amines is 1. The summed E-state index contributed by atoms with van der Waals surface area (Å²) in [7, 11) is 9.52. The van der Waals surface area contributed by atoms with Crippen LogP contribution in [0.25, 0.3) is 21.7 Å². The van der Waals surface area contributed by atoms with Crippen molar-refractivity contribution in [2.75, 3.05) is 133 Å². The highest BCUT2D eigenvalue weighted by molar-refractivity contribution is 5.99. The van der Waals surface area contributed by atoms with E-state index in [1.54, 1.807) is 34.9 Å². The quantitative estimate of drug-likeness (QED) is 0.0940. The van der Waals surface area contributed by atoms with Gasteiger partial charge in [0.1, 0.15) is 24.8 Å². The van der Waals surface area contributed by atoms with Gasteiger partial charge in [0.05, 0.1) is 85.4 Å². The minimum Gasteiger partial charge on any atom is -0.463 e. The van der Waals surface area contributed by atoms with Crippen molar-refractivity contribution in [2.24, 2.45) is 0 Å². The summed E-state index contributed by atoms with van der Waals surface area (Å²) >= 11 is 0. The number of H-pyrrole nitrogens is 1. The average molecular weight is 1190 g/mol. The van der Waals surface area contributed by atoms with Crippen LogP contribution in [0.5, 0.6) is 12.0 Å². The number of nitriles is 2. The Labute approximate surface area is 515 Å². The minimum atomic E-state index is -0.340. The van der Waals surface area contributed by atoms with Crippen LogP contribution in [-0.4, -0.2) is 204 Å². The molecule has 3 aromatic carbocycles. The maximum atomic E-state index is 13.5. The zero-order valence-electron chi connectivity index (χ0n) is 52.1. The molecule has 8 heterocycles. The number of fused-ring (bicyclic) bond motifs is 4. The Morgan fingerprint density at radius 1 is 0.750 bits per heavy atom. The molecule has 1 unspecified atom stereocenters. The lowest BCUT2D eigenvalue weighted by atomic mass is 9.89. The standard InChI is InChI=1S/C66H81N17O5/c1-10-58(84)82-30-28-80(37-46(82)18-23-67)64-52-21-27-79(62-44(4)43(3)33-54-53(62)35-69-74-54)40-56(52)71-66(73-64)88-41-48-34-45(36-77(48)9)49-16-17-57(61-42(2)13-11-14-50(49)61)78-26-20-51-55(39-78)70-65(87-32-22-59(85)76(7)8)72-63(51)81-29-31-83(47(38-81)19-24-68)60(86)15-12-25-75(5)6/h10-17,33,35,45-48H,1,18-22,25-32,34,36-41H2,2-9H3,(H,69,74)/b15-12+/t45?,46-,47-,48-/m0/s1. The third-order valence-electron chi connectivity index (χ3n) is 18.5. The van der Waals surface area contributed by atoms with Gasteiger partial charge in [0, 0.05) is 119 Å². The molecule has 22 heteroatoms. The van der Waals surface area contributed by atoms with Crippen molar-refractivity contribution in [3.63, 3.8) is 0 Å². The van der Waals surface area contributed by atoms with E-state index in [9.17, 15) is 24.9 Å². The Kier molecular flexibility index (Phi) is 18.1. The van der Waals surface area contributed by atoms with Gasteiger partial charge in [-0.15, -0.1) is 0 Å². The number of hydrogen-bond donors (Lipinski definition) is 1. The van der Waals surface area contributed by atoms with Gasteiger partial charge in [-0.25, -0.2) is 0 Å². The summed E-state index contributed by atoms with van der Waals surface area (Å²) in [5.74, 6) is 1.41. The molecule has 88 heavy (non-hydrogen) atoms. The Balaban J connectivity index is 0.844. The fourth-order valence-corrected chi connectivity index (χ4v) is 13.7. The topological polar surface area (TPSA) is 227 Å². The normalized spacial score (nSPS) is 19.7. The van der Waals surface area contributed by atoms with E-state index in [2.05, 4.69) is 118 Å². The van der Waals surface area contributed by atoms with Crippen LogP contribution in [0.4, 0.5) is 23.0 Å². The van der Waals surface area contributed by atoms with E-state index in [1.165, 1.54) is 39.1 Å². The van der Waals surface area contributed by atoms with Gasteiger partial charge in [-0.3, -0.25) is 24.4 Å². The number of aromatic nitrogens is 6. The van der Waals surface area contributed by atoms with Crippen molar-refractivity contribution >= 4 is 62.4 Å². The SMILES string of the molecule is C=CC(=O)N1CCN(c2nc(OC[C@@H]3CC(c4ccc(N5CCc6c(nc(OCCC(=O)N(C)C)nc6N6CCN(C(=O)/C=C/CN(C)C)[C@@H](CC#N)C6)C5)c5c(C)cccc45)CN3C)nc3c2CCN(c2c(C)c(C)cc4[nH]ncc24)C3)C[C@@H]1CC#N. The van der Waals surface area contributed by atoms with Gasteiger partial charge in [0.15, 0.2) is 0 Å². The number of likely N-dealkylation sites (tertiary alicyclic amines) is 1. The molecular weight excluding hydrogens is 1110 g/mol. The third-order valence-corrected chi connectivity index (χ3v) is 18.5. The molecule has 5 aliphatic rings. The van der Waals surface area contributed by atoms with Gasteiger partial charge in [0.2, 0.25) is 17.7 Å². The second-order valence-electron chi connectivity index (χ2n) is 24.6. The number of piperazine rings is 2. The Morgan fingerprint density at radius 3 is 2.05 bits per heavy atom. The first-order valence-corrected chi connectivity index (χ1v) is 30.7. The zero-order chi connectivity index (χ0) is 61.9. The molecule has 0 bridgehead atoms. The largest absolute Gasteiger partial charge is 0.463 e. The smallest absolute Gasteiger partial charge is 0.318 e. The van der Waals surface area contributed by atoms with Gasteiger partial charge in [0.25, 0.3) is 0 Å². The molecule has 3 fully saturated rings. The van der Waals surface area contributed by atoms with Crippen molar-refractivity contribution in [3.05, 3.63) is 112 Å². The lowest BCUT2D eigenvalue weighted by molar-refractivity contribution is -0.129. The molecule has 460 valence electrons. The molecule has 22 nitrogen and oxygen atoms in total. The molecule has 3 saturated heterocycles. The molecule has 5 aliphatic heterocycles. The van der Waals surface area contributed by atoms with Crippen molar-refractivity contribution in [3.8, 4) is 24.2 Å². The molecule has 0 spiro atoms. The Hall–Kier alpha value is -8.86. The number of hydrogen-bond acceptors (Lipinski definition) is 18. The van der Waals surface area contributed by atoms with E-state index >= 15 is 0 Å². The van der Waals surface area contributed by atoms with Crippen LogP contribution in [-0.2, 0) is 40.3 Å². The zero-order valence-corrected chi connectivity index (χ0v) is 52.1. The van der Waals surface area contributed by atoms with Crippen LogP contribution in [0.3, 0.4) is 0 Å². The fraction of sp³-hybridized carbons (Fsp3) is 0.485. The monoisotopic (exact) mass is 1190 g/mol. The van der Waals surface area contributed by atoms with Crippen molar-refractivity contribution in [1.29, 1.82) is 10.5 Å². The lowest BCUT2D eigenvalue weighted by Gasteiger charge is -2.42. The first-order chi connectivity index (χ1) is 42.5. The summed E-state index contributed by atoms with van der Waals surface area (Å²) in [4.78, 5) is 78.3. The third kappa shape index (κ3) is 12.5. The molecule has 4 atom stereocenters. The second-order valence-corrected chi connectivity index (χ2v) is 24.6. The molecule has 0 aliphatic carbocycles. The number of carbonyl (C=O) groups excluding carboxylic acids is 3. The van der Waals surface area contributed by atoms with Crippen LogP contribution in [0.2, 0.25) is 0 Å². The Bertz CT molecular complexity index is 3750. The predicted octanol–water partition coefficient (Wildman–Crippen LogP) is 6.24. The van der Waals surface area contributed by atoms with E-state index < -0.39 is 0 Å². The number of aryl methyl sites for hydroxylation is 2. The molecule has 0 radical (unpaired) electrons. The van der Waals surface area contributed by atoms with Crippen LogP contribution >= 0.6 is 0 Å². The maximum absolute atomic E-state index is 13.5. The van der Waals surface area contributed by atoms with Crippen LogP contribution in [0.1, 0.15) is 76.4 Å². The number of benzene rings is 3. The predicted molar refractivity (Wildman–Crippen MR) is 340 cm³/mol. The summed E-state index contributed by atoms with van der Waals surface area (Å²) in [5.41, 5.74) is 11.9. The first kappa shape index (κ1) is 60.8. The highest BCUT2D eigenvalue weighted by Gasteiger charge is 2.38. The van der Waals surface area contributed by atoms with E-state index in [-0.39, 0.29) is 73.6 Å². The van der Waals surface area contributed by atoms with Gasteiger partial charge in [-0.1, -0.05) is 36.9 Å². The molecule has 3 amide bonds. The maximum Gasteiger partial charge on any atom is 0.318 e. The molecule has 6 aromatic rings. The summed E-state index contributed by atoms with van der Waals surface area (Å²) < 4.78 is 13.0. The first-order valence-electron chi connectivity index (χ1n) is 30.7. The van der Waals surface area contributed by atoms with Gasteiger partial charge in [-0.2, -0.15) is 35.6 Å². The summed E-state index contributed by atoms with van der Waals surface area (Å²) in [6.07, 6.45) is 9.46. The van der Waals surface area contributed by atoms with Crippen molar-refractivity contribution < 1.29 is 23.9 Å². The van der Waals surface area contributed by atoms with Gasteiger partial charge < -0.3 is 48.7 Å². The molecular formula is C66H81N17O5. The fourth-order valence-electron chi connectivity index (χ4n) is 13.7. The van der Waals surface area contributed by atoms with E-state index in [4.69, 9.17) is 29.4 Å². The van der Waals surface area contributed by atoms with E-state index in [0.29, 0.717) is 90.9 Å². The highest BCUT2D eigenvalue weighted by atomic mass is 16.5. The summed E-state index contributed by atoms with van der Waals surface area (Å²) in [5, 5.41) is 30.9. The Morgan fingerprint density at radius 2 is 1.40 bits per heavy atom. The van der Waals surface area contributed by atoms with Gasteiger partial charge in [-0.05, 0) is 113 Å². The molecule has 3 aromatic heterocycles. The second kappa shape index (κ2) is 26.2. The van der Waals surface area contributed by atoms with E-state index in [0.717, 1.165) is 75.9 Å². The van der Waals surface area contributed by atoms with Crippen LogP contribution in [0.15, 0.2) is 67.4 Å². The van der Waals surface area contributed by atoms with E-state index in [1.807, 2.05) is 31.3 Å². The van der Waals surface area contributed by atoms with Gasteiger partial charge >= 0.3 is 12.0 Å². The molecule has 1 N–H and O–H groups in total.